The normalized spacial score (nSPS) is 17.2. The van der Waals surface area contributed by atoms with Gasteiger partial charge in [0.15, 0.2) is 0 Å². The first-order chi connectivity index (χ1) is 16.0. The Morgan fingerprint density at radius 2 is 1.97 bits per heavy atom. The van der Waals surface area contributed by atoms with Gasteiger partial charge >= 0.3 is 12.1 Å². The first-order valence-electron chi connectivity index (χ1n) is 10.5. The van der Waals surface area contributed by atoms with Crippen molar-refractivity contribution in [2.45, 2.75) is 43.2 Å². The third kappa shape index (κ3) is 5.54. The van der Waals surface area contributed by atoms with Gasteiger partial charge in [0.05, 0.1) is 5.69 Å². The van der Waals surface area contributed by atoms with Crippen molar-refractivity contribution in [3.63, 3.8) is 0 Å². The van der Waals surface area contributed by atoms with Gasteiger partial charge in [0, 0.05) is 33.3 Å². The number of hydrogen-bond acceptors (Lipinski definition) is 7. The molecule has 3 N–H and O–H groups in total. The number of carbonyl (C=O) groups is 3. The molecule has 34 heavy (non-hydrogen) atoms. The summed E-state index contributed by atoms with van der Waals surface area (Å²) < 4.78 is 32.3. The van der Waals surface area contributed by atoms with Crippen LogP contribution in [0.25, 0.3) is 0 Å². The third-order valence-electron chi connectivity index (χ3n) is 5.43. The van der Waals surface area contributed by atoms with E-state index in [4.69, 9.17) is 4.74 Å². The van der Waals surface area contributed by atoms with Crippen LogP contribution in [0.4, 0.5) is 4.79 Å². The molecule has 1 saturated heterocycles. The van der Waals surface area contributed by atoms with Gasteiger partial charge in [-0.3, -0.25) is 9.89 Å². The van der Waals surface area contributed by atoms with Gasteiger partial charge in [0.2, 0.25) is 15.9 Å². The molecule has 0 unspecified atom stereocenters. The Morgan fingerprint density at radius 3 is 2.53 bits per heavy atom. The molecule has 2 aromatic rings. The molecule has 3 rings (SSSR count). The number of ether oxygens (including phenoxy) is 1. The highest BCUT2D eigenvalue weighted by atomic mass is 32.2. The van der Waals surface area contributed by atoms with Crippen molar-refractivity contribution in [2.75, 3.05) is 20.6 Å². The number of carboxylic acid groups (broad SMARTS) is 1. The number of aromatic amines is 1. The minimum Gasteiger partial charge on any atom is -0.480 e. The molecule has 13 heteroatoms. The summed E-state index contributed by atoms with van der Waals surface area (Å²) in [4.78, 5) is 37.6. The summed E-state index contributed by atoms with van der Waals surface area (Å²) in [7, 11) is -0.879. The van der Waals surface area contributed by atoms with E-state index >= 15 is 0 Å². The number of sulfonamides is 1. The number of aliphatic carboxylic acids is 1. The standard InChI is InChI=1S/C21H27N5O7S/c1-13-18(12-22-24-13)34(31,32)26-10-4-5-17(26)19(27)23-16(20(28)29)11-14-6-8-15(9-7-14)33-21(30)25(2)3/h6-9,12,16-17H,4-5,10-11H2,1-3H3,(H,22,24)(H,23,27)(H,28,29)/t16-,17-/m0/s1. The number of aromatic nitrogens is 2. The lowest BCUT2D eigenvalue weighted by Crippen LogP contribution is -2.51. The molecule has 1 fully saturated rings. The molecule has 2 amide bonds. The van der Waals surface area contributed by atoms with E-state index in [-0.39, 0.29) is 30.0 Å². The Labute approximate surface area is 196 Å². The number of nitrogens with zero attached hydrogens (tertiary/aromatic N) is 3. The molecule has 0 aliphatic carbocycles. The van der Waals surface area contributed by atoms with Crippen LogP contribution in [0.3, 0.4) is 0 Å². The fraction of sp³-hybridized carbons (Fsp3) is 0.429. The van der Waals surface area contributed by atoms with Crippen LogP contribution in [0.2, 0.25) is 0 Å². The van der Waals surface area contributed by atoms with E-state index in [2.05, 4.69) is 15.5 Å². The number of aryl methyl sites for hydroxylation is 1. The second-order valence-corrected chi connectivity index (χ2v) is 9.98. The quantitative estimate of drug-likeness (QED) is 0.485. The largest absolute Gasteiger partial charge is 0.480 e. The van der Waals surface area contributed by atoms with Crippen LogP contribution in [0, 0.1) is 6.92 Å². The third-order valence-corrected chi connectivity index (χ3v) is 7.45. The van der Waals surface area contributed by atoms with Crippen LogP contribution in [0.15, 0.2) is 35.4 Å². The topological polar surface area (TPSA) is 162 Å². The van der Waals surface area contributed by atoms with Crippen LogP contribution >= 0.6 is 0 Å². The van der Waals surface area contributed by atoms with Crippen molar-refractivity contribution in [3.05, 3.63) is 41.7 Å². The zero-order valence-corrected chi connectivity index (χ0v) is 19.8. The highest BCUT2D eigenvalue weighted by Crippen LogP contribution is 2.27. The number of nitrogens with one attached hydrogen (secondary N) is 2. The average molecular weight is 494 g/mol. The van der Waals surface area contributed by atoms with Crippen molar-refractivity contribution < 1.29 is 32.6 Å². The molecule has 0 bridgehead atoms. The van der Waals surface area contributed by atoms with Crippen LogP contribution < -0.4 is 10.1 Å². The van der Waals surface area contributed by atoms with Gasteiger partial charge < -0.3 is 20.1 Å². The Morgan fingerprint density at radius 1 is 1.29 bits per heavy atom. The Hall–Kier alpha value is -3.45. The van der Waals surface area contributed by atoms with Gasteiger partial charge in [-0.2, -0.15) is 9.40 Å². The van der Waals surface area contributed by atoms with Crippen molar-refractivity contribution >= 4 is 28.0 Å². The molecule has 0 radical (unpaired) electrons. The first kappa shape index (κ1) is 25.2. The first-order valence-corrected chi connectivity index (χ1v) is 12.0. The van der Waals surface area contributed by atoms with Crippen LogP contribution in [-0.2, 0) is 26.0 Å². The summed E-state index contributed by atoms with van der Waals surface area (Å²) in [6, 6.07) is 3.94. The van der Waals surface area contributed by atoms with Gasteiger partial charge in [0.25, 0.3) is 0 Å². The molecule has 2 heterocycles. The number of carboxylic acids is 1. The van der Waals surface area contributed by atoms with Crippen LogP contribution in [-0.4, -0.2) is 83.6 Å². The van der Waals surface area contributed by atoms with E-state index in [1.54, 1.807) is 33.2 Å². The van der Waals surface area contributed by atoms with Gasteiger partial charge in [-0.1, -0.05) is 12.1 Å². The van der Waals surface area contributed by atoms with Gasteiger partial charge in [-0.05, 0) is 37.5 Å². The minimum absolute atomic E-state index is 0.0166. The van der Waals surface area contributed by atoms with E-state index in [1.165, 1.54) is 23.2 Å². The molecule has 1 aliphatic heterocycles. The Kier molecular flexibility index (Phi) is 7.57. The number of carbonyl (C=O) groups excluding carboxylic acids is 2. The maximum Gasteiger partial charge on any atom is 0.414 e. The number of benzene rings is 1. The zero-order chi connectivity index (χ0) is 25.0. The fourth-order valence-corrected chi connectivity index (χ4v) is 5.39. The summed E-state index contributed by atoms with van der Waals surface area (Å²) in [5, 5.41) is 18.4. The van der Waals surface area contributed by atoms with E-state index in [9.17, 15) is 27.9 Å². The SMILES string of the molecule is Cc1n[nH]cc1S(=O)(=O)N1CCC[C@H]1C(=O)N[C@@H](Cc1ccc(OC(=O)N(C)C)cc1)C(=O)O. The second-order valence-electron chi connectivity index (χ2n) is 8.12. The van der Waals surface area contributed by atoms with Crippen molar-refractivity contribution in [2.24, 2.45) is 0 Å². The summed E-state index contributed by atoms with van der Waals surface area (Å²) in [5.74, 6) is -1.64. The lowest BCUT2D eigenvalue weighted by Gasteiger charge is -2.24. The molecule has 0 saturated carbocycles. The molecule has 1 aromatic carbocycles. The summed E-state index contributed by atoms with van der Waals surface area (Å²) in [6.45, 7) is 1.69. The predicted octanol–water partition coefficient (Wildman–Crippen LogP) is 0.744. The average Bonchev–Trinajstić information content (AvgIpc) is 3.44. The summed E-state index contributed by atoms with van der Waals surface area (Å²) >= 11 is 0. The number of H-pyrrole nitrogens is 1. The molecule has 12 nitrogen and oxygen atoms in total. The van der Waals surface area contributed by atoms with E-state index in [0.717, 1.165) is 4.31 Å². The molecule has 1 aliphatic rings. The van der Waals surface area contributed by atoms with E-state index in [0.29, 0.717) is 17.7 Å². The van der Waals surface area contributed by atoms with Gasteiger partial charge in [-0.15, -0.1) is 0 Å². The Bertz CT molecular complexity index is 1160. The summed E-state index contributed by atoms with van der Waals surface area (Å²) in [6.07, 6.45) is 1.42. The molecular weight excluding hydrogens is 466 g/mol. The fourth-order valence-electron chi connectivity index (χ4n) is 3.61. The summed E-state index contributed by atoms with van der Waals surface area (Å²) in [5.41, 5.74) is 0.872. The smallest absolute Gasteiger partial charge is 0.414 e. The second kappa shape index (κ2) is 10.2. The zero-order valence-electron chi connectivity index (χ0n) is 19.0. The molecular formula is C21H27N5O7S. The van der Waals surface area contributed by atoms with E-state index < -0.39 is 40.1 Å². The highest BCUT2D eigenvalue weighted by Gasteiger charge is 2.41. The van der Waals surface area contributed by atoms with Crippen LogP contribution in [0.5, 0.6) is 5.75 Å². The van der Waals surface area contributed by atoms with Gasteiger partial charge in [-0.25, -0.2) is 18.0 Å². The van der Waals surface area contributed by atoms with Crippen LogP contribution in [0.1, 0.15) is 24.1 Å². The lowest BCUT2D eigenvalue weighted by atomic mass is 10.1. The predicted molar refractivity (Wildman–Crippen MR) is 120 cm³/mol. The monoisotopic (exact) mass is 493 g/mol. The van der Waals surface area contributed by atoms with Crippen molar-refractivity contribution in [1.29, 1.82) is 0 Å². The van der Waals surface area contributed by atoms with Crippen molar-refractivity contribution in [1.82, 2.24) is 24.7 Å². The number of rotatable bonds is 8. The van der Waals surface area contributed by atoms with Gasteiger partial charge in [0.1, 0.15) is 22.7 Å². The Balaban J connectivity index is 1.69. The highest BCUT2D eigenvalue weighted by molar-refractivity contribution is 7.89. The maximum absolute atomic E-state index is 13.0. The van der Waals surface area contributed by atoms with Crippen molar-refractivity contribution in [3.8, 4) is 5.75 Å². The van der Waals surface area contributed by atoms with E-state index in [1.807, 2.05) is 0 Å². The molecule has 1 aromatic heterocycles. The molecule has 184 valence electrons. The maximum atomic E-state index is 13.0. The minimum atomic E-state index is -3.97. The number of hydrogen-bond donors (Lipinski definition) is 3. The lowest BCUT2D eigenvalue weighted by molar-refractivity contribution is -0.142. The molecule has 2 atom stereocenters. The number of amides is 2. The molecule has 0 spiro atoms.